The SMILES string of the molecule is CCCC(NC(=O)CCC(=O)O)c1cccs1. The molecule has 0 spiro atoms. The Labute approximate surface area is 105 Å². The van der Waals surface area contributed by atoms with Crippen LogP contribution in [0.25, 0.3) is 0 Å². The lowest BCUT2D eigenvalue weighted by molar-refractivity contribution is -0.138. The van der Waals surface area contributed by atoms with Gasteiger partial charge in [-0.1, -0.05) is 19.4 Å². The maximum atomic E-state index is 11.6. The van der Waals surface area contributed by atoms with Crippen molar-refractivity contribution in [3.05, 3.63) is 22.4 Å². The van der Waals surface area contributed by atoms with Crippen molar-refractivity contribution in [3.63, 3.8) is 0 Å². The van der Waals surface area contributed by atoms with Gasteiger partial charge >= 0.3 is 5.97 Å². The van der Waals surface area contributed by atoms with Gasteiger partial charge in [-0.05, 0) is 17.9 Å². The van der Waals surface area contributed by atoms with E-state index < -0.39 is 5.97 Å². The summed E-state index contributed by atoms with van der Waals surface area (Å²) in [5, 5.41) is 13.4. The highest BCUT2D eigenvalue weighted by molar-refractivity contribution is 7.10. The van der Waals surface area contributed by atoms with Crippen molar-refractivity contribution < 1.29 is 14.7 Å². The number of hydrogen-bond acceptors (Lipinski definition) is 3. The summed E-state index contributed by atoms with van der Waals surface area (Å²) in [5.41, 5.74) is 0. The van der Waals surface area contributed by atoms with Crippen LogP contribution in [0.2, 0.25) is 0 Å². The van der Waals surface area contributed by atoms with Crippen LogP contribution in [0.1, 0.15) is 43.5 Å². The predicted octanol–water partition coefficient (Wildman–Crippen LogP) is 2.57. The van der Waals surface area contributed by atoms with Gasteiger partial charge in [0, 0.05) is 11.3 Å². The van der Waals surface area contributed by atoms with Crippen molar-refractivity contribution in [2.24, 2.45) is 0 Å². The molecule has 0 saturated heterocycles. The Morgan fingerprint density at radius 1 is 1.47 bits per heavy atom. The molecule has 1 aromatic heterocycles. The number of carboxylic acid groups (broad SMARTS) is 1. The number of rotatable bonds is 7. The molecule has 0 aliphatic heterocycles. The molecule has 1 atom stereocenters. The third kappa shape index (κ3) is 4.99. The number of aliphatic carboxylic acids is 1. The molecule has 1 amide bonds. The molecule has 0 aliphatic carbocycles. The lowest BCUT2D eigenvalue weighted by atomic mass is 10.1. The Hall–Kier alpha value is -1.36. The van der Waals surface area contributed by atoms with Crippen LogP contribution >= 0.6 is 11.3 Å². The van der Waals surface area contributed by atoms with Gasteiger partial charge in [-0.25, -0.2) is 0 Å². The lowest BCUT2D eigenvalue weighted by Gasteiger charge is -2.16. The summed E-state index contributed by atoms with van der Waals surface area (Å²) in [6.45, 7) is 2.06. The second kappa shape index (κ2) is 7.06. The van der Waals surface area contributed by atoms with E-state index in [1.54, 1.807) is 11.3 Å². The number of carbonyl (C=O) groups is 2. The van der Waals surface area contributed by atoms with Crippen LogP contribution < -0.4 is 5.32 Å². The summed E-state index contributed by atoms with van der Waals surface area (Å²) >= 11 is 1.61. The second-order valence-electron chi connectivity index (χ2n) is 3.82. The van der Waals surface area contributed by atoms with E-state index in [0.717, 1.165) is 17.7 Å². The fourth-order valence-corrected chi connectivity index (χ4v) is 2.36. The number of carbonyl (C=O) groups excluding carboxylic acids is 1. The summed E-state index contributed by atoms with van der Waals surface area (Å²) in [7, 11) is 0. The zero-order valence-corrected chi connectivity index (χ0v) is 10.6. The molecule has 0 saturated carbocycles. The summed E-state index contributed by atoms with van der Waals surface area (Å²) in [5.74, 6) is -1.14. The van der Waals surface area contributed by atoms with E-state index in [0.29, 0.717) is 0 Å². The summed E-state index contributed by atoms with van der Waals surface area (Å²) in [6.07, 6.45) is 1.77. The van der Waals surface area contributed by atoms with Crippen LogP contribution in [0.15, 0.2) is 17.5 Å². The van der Waals surface area contributed by atoms with Crippen molar-refractivity contribution in [2.75, 3.05) is 0 Å². The van der Waals surface area contributed by atoms with Crippen LogP contribution in [0, 0.1) is 0 Å². The maximum Gasteiger partial charge on any atom is 0.303 e. The number of amides is 1. The normalized spacial score (nSPS) is 12.1. The second-order valence-corrected chi connectivity index (χ2v) is 4.80. The molecule has 94 valence electrons. The smallest absolute Gasteiger partial charge is 0.303 e. The first kappa shape index (κ1) is 13.7. The number of carboxylic acids is 1. The number of hydrogen-bond donors (Lipinski definition) is 2. The van der Waals surface area contributed by atoms with Gasteiger partial charge in [0.1, 0.15) is 0 Å². The third-order valence-electron chi connectivity index (χ3n) is 2.37. The highest BCUT2D eigenvalue weighted by Gasteiger charge is 2.15. The molecule has 1 heterocycles. The van der Waals surface area contributed by atoms with Gasteiger partial charge in [0.15, 0.2) is 0 Å². The monoisotopic (exact) mass is 255 g/mol. The summed E-state index contributed by atoms with van der Waals surface area (Å²) < 4.78 is 0. The molecule has 5 heteroatoms. The van der Waals surface area contributed by atoms with E-state index in [2.05, 4.69) is 12.2 Å². The van der Waals surface area contributed by atoms with Gasteiger partial charge in [0.25, 0.3) is 0 Å². The highest BCUT2D eigenvalue weighted by atomic mass is 32.1. The van der Waals surface area contributed by atoms with Gasteiger partial charge in [0.2, 0.25) is 5.91 Å². The van der Waals surface area contributed by atoms with Gasteiger partial charge in [-0.15, -0.1) is 11.3 Å². The van der Waals surface area contributed by atoms with E-state index in [4.69, 9.17) is 5.11 Å². The lowest BCUT2D eigenvalue weighted by Crippen LogP contribution is -2.28. The van der Waals surface area contributed by atoms with Crippen LogP contribution in [0.3, 0.4) is 0 Å². The molecule has 1 rings (SSSR count). The summed E-state index contributed by atoms with van der Waals surface area (Å²) in [6, 6.07) is 3.95. The quantitative estimate of drug-likeness (QED) is 0.787. The van der Waals surface area contributed by atoms with Crippen LogP contribution in [-0.4, -0.2) is 17.0 Å². The molecule has 1 unspecified atom stereocenters. The Morgan fingerprint density at radius 3 is 2.76 bits per heavy atom. The predicted molar refractivity (Wildman–Crippen MR) is 67.0 cm³/mol. The minimum atomic E-state index is -0.941. The Balaban J connectivity index is 2.49. The molecular formula is C12H17NO3S. The molecule has 17 heavy (non-hydrogen) atoms. The van der Waals surface area contributed by atoms with Crippen molar-refractivity contribution in [1.29, 1.82) is 0 Å². The number of thiophene rings is 1. The fraction of sp³-hybridized carbons (Fsp3) is 0.500. The molecule has 1 aromatic rings. The molecule has 0 radical (unpaired) electrons. The van der Waals surface area contributed by atoms with Gasteiger partial charge in [0.05, 0.1) is 12.5 Å². The molecule has 4 nitrogen and oxygen atoms in total. The van der Waals surface area contributed by atoms with E-state index in [1.807, 2.05) is 17.5 Å². The Bertz CT molecular complexity index is 362. The van der Waals surface area contributed by atoms with E-state index in [-0.39, 0.29) is 24.8 Å². The van der Waals surface area contributed by atoms with E-state index in [9.17, 15) is 9.59 Å². The molecule has 0 aliphatic rings. The average Bonchev–Trinajstić information content (AvgIpc) is 2.79. The minimum Gasteiger partial charge on any atom is -0.481 e. The topological polar surface area (TPSA) is 66.4 Å². The minimum absolute atomic E-state index is 0.0151. The number of nitrogens with one attached hydrogen (secondary N) is 1. The van der Waals surface area contributed by atoms with Gasteiger partial charge < -0.3 is 10.4 Å². The van der Waals surface area contributed by atoms with Gasteiger partial charge in [-0.3, -0.25) is 9.59 Å². The Morgan fingerprint density at radius 2 is 2.24 bits per heavy atom. The molecule has 0 bridgehead atoms. The zero-order chi connectivity index (χ0) is 12.7. The van der Waals surface area contributed by atoms with Gasteiger partial charge in [-0.2, -0.15) is 0 Å². The van der Waals surface area contributed by atoms with Crippen molar-refractivity contribution >= 4 is 23.2 Å². The third-order valence-corrected chi connectivity index (χ3v) is 3.35. The highest BCUT2D eigenvalue weighted by Crippen LogP contribution is 2.23. The first-order valence-electron chi connectivity index (χ1n) is 5.68. The molecule has 2 N–H and O–H groups in total. The first-order chi connectivity index (χ1) is 8.13. The van der Waals surface area contributed by atoms with Crippen molar-refractivity contribution in [1.82, 2.24) is 5.32 Å². The maximum absolute atomic E-state index is 11.6. The first-order valence-corrected chi connectivity index (χ1v) is 6.56. The van der Waals surface area contributed by atoms with Crippen molar-refractivity contribution in [3.8, 4) is 0 Å². The zero-order valence-electron chi connectivity index (χ0n) is 9.81. The fourth-order valence-electron chi connectivity index (χ4n) is 1.55. The van der Waals surface area contributed by atoms with Crippen molar-refractivity contribution in [2.45, 2.75) is 38.6 Å². The molecule has 0 fully saturated rings. The molecular weight excluding hydrogens is 238 g/mol. The van der Waals surface area contributed by atoms with Crippen LogP contribution in [0.5, 0.6) is 0 Å². The van der Waals surface area contributed by atoms with Crippen LogP contribution in [0.4, 0.5) is 0 Å². The standard InChI is InChI=1S/C12H17NO3S/c1-2-4-9(10-5-3-8-17-10)13-11(14)6-7-12(15)16/h3,5,8-9H,2,4,6-7H2,1H3,(H,13,14)(H,15,16). The summed E-state index contributed by atoms with van der Waals surface area (Å²) in [4.78, 5) is 23.0. The van der Waals surface area contributed by atoms with E-state index >= 15 is 0 Å². The Kier molecular flexibility index (Phi) is 5.69. The largest absolute Gasteiger partial charge is 0.481 e. The average molecular weight is 255 g/mol. The van der Waals surface area contributed by atoms with E-state index in [1.165, 1.54) is 0 Å². The molecule has 0 aromatic carbocycles. The van der Waals surface area contributed by atoms with Crippen LogP contribution in [-0.2, 0) is 9.59 Å².